The molecule has 0 saturated heterocycles. The van der Waals surface area contributed by atoms with Crippen LogP contribution in [0, 0.1) is 6.92 Å². The van der Waals surface area contributed by atoms with E-state index in [1.54, 1.807) is 0 Å². The minimum Gasteiger partial charge on any atom is -0.299 e. The van der Waals surface area contributed by atoms with E-state index in [1.807, 2.05) is 19.9 Å². The molecule has 1 aromatic rings. The molecule has 0 aliphatic carbocycles. The van der Waals surface area contributed by atoms with Crippen molar-refractivity contribution in [3.63, 3.8) is 0 Å². The fourth-order valence-corrected chi connectivity index (χ4v) is 1.58. The van der Waals surface area contributed by atoms with Crippen LogP contribution < -0.4 is 0 Å². The molecule has 3 nitrogen and oxygen atoms in total. The van der Waals surface area contributed by atoms with Crippen molar-refractivity contribution >= 4 is 5.78 Å². The summed E-state index contributed by atoms with van der Waals surface area (Å²) in [6, 6.07) is 1.90. The van der Waals surface area contributed by atoms with Crippen LogP contribution in [0.3, 0.4) is 0 Å². The minimum atomic E-state index is 0.260. The fourth-order valence-electron chi connectivity index (χ4n) is 1.58. The molecule has 0 unspecified atom stereocenters. The number of aryl methyl sites for hydroxylation is 1. The Balaban J connectivity index is 2.84. The summed E-state index contributed by atoms with van der Waals surface area (Å²) < 4.78 is 0. The minimum absolute atomic E-state index is 0.260. The molecule has 0 saturated carbocycles. The smallest absolute Gasteiger partial charge is 0.138 e. The lowest BCUT2D eigenvalue weighted by Crippen LogP contribution is -2.08. The maximum Gasteiger partial charge on any atom is 0.138 e. The lowest BCUT2D eigenvalue weighted by atomic mass is 10.1. The Morgan fingerprint density at radius 2 is 2.06 bits per heavy atom. The number of hydrogen-bond donors (Lipinski definition) is 0. The first-order chi connectivity index (χ1) is 7.52. The first-order valence-electron chi connectivity index (χ1n) is 5.89. The number of carbonyl (C=O) groups excluding carboxylic acids is 1. The van der Waals surface area contributed by atoms with Gasteiger partial charge in [0.15, 0.2) is 0 Å². The van der Waals surface area contributed by atoms with Crippen molar-refractivity contribution in [3.8, 4) is 0 Å². The Morgan fingerprint density at radius 3 is 2.62 bits per heavy atom. The van der Waals surface area contributed by atoms with Crippen LogP contribution in [0.1, 0.15) is 56.7 Å². The first-order valence-corrected chi connectivity index (χ1v) is 5.89. The standard InChI is InChI=1S/C13H20N2O/c1-5-6-12(16)8-11-7-10(4)14-13(15-11)9(2)3/h7,9H,5-6,8H2,1-4H3. The highest BCUT2D eigenvalue weighted by Gasteiger charge is 2.09. The molecule has 0 N–H and O–H groups in total. The first kappa shape index (κ1) is 12.8. The van der Waals surface area contributed by atoms with E-state index in [9.17, 15) is 4.79 Å². The second-order valence-corrected chi connectivity index (χ2v) is 4.48. The molecule has 0 amide bonds. The van der Waals surface area contributed by atoms with Gasteiger partial charge in [0, 0.05) is 24.5 Å². The lowest BCUT2D eigenvalue weighted by molar-refractivity contribution is -0.118. The maximum atomic E-state index is 11.5. The number of nitrogens with zero attached hydrogens (tertiary/aromatic N) is 2. The monoisotopic (exact) mass is 220 g/mol. The highest BCUT2D eigenvalue weighted by atomic mass is 16.1. The normalized spacial score (nSPS) is 10.8. The largest absolute Gasteiger partial charge is 0.299 e. The summed E-state index contributed by atoms with van der Waals surface area (Å²) in [5.41, 5.74) is 1.80. The zero-order valence-corrected chi connectivity index (χ0v) is 10.6. The van der Waals surface area contributed by atoms with Crippen LogP contribution in [-0.2, 0) is 11.2 Å². The van der Waals surface area contributed by atoms with Crippen molar-refractivity contribution < 1.29 is 4.79 Å². The average molecular weight is 220 g/mol. The molecule has 1 heterocycles. The summed E-state index contributed by atoms with van der Waals surface area (Å²) >= 11 is 0. The molecule has 3 heteroatoms. The van der Waals surface area contributed by atoms with Crippen molar-refractivity contribution in [1.29, 1.82) is 0 Å². The number of ketones is 1. The molecule has 0 radical (unpaired) electrons. The third-order valence-corrected chi connectivity index (χ3v) is 2.35. The summed E-state index contributed by atoms with van der Waals surface area (Å²) in [4.78, 5) is 20.3. The Hall–Kier alpha value is -1.25. The third-order valence-electron chi connectivity index (χ3n) is 2.35. The van der Waals surface area contributed by atoms with Crippen LogP contribution in [0.4, 0.5) is 0 Å². The van der Waals surface area contributed by atoms with Gasteiger partial charge in [-0.25, -0.2) is 9.97 Å². The molecule has 0 atom stereocenters. The van der Waals surface area contributed by atoms with Gasteiger partial charge in [0.1, 0.15) is 11.6 Å². The van der Waals surface area contributed by atoms with E-state index in [0.717, 1.165) is 23.6 Å². The van der Waals surface area contributed by atoms with Gasteiger partial charge < -0.3 is 0 Å². The summed E-state index contributed by atoms with van der Waals surface area (Å²) in [5, 5.41) is 0. The van der Waals surface area contributed by atoms with Gasteiger partial charge in [-0.2, -0.15) is 0 Å². The molecule has 0 bridgehead atoms. The number of Topliss-reactive ketones (excluding diaryl/α,β-unsaturated/α-hetero) is 1. The second kappa shape index (κ2) is 5.73. The third kappa shape index (κ3) is 3.72. The Morgan fingerprint density at radius 1 is 1.38 bits per heavy atom. The highest BCUT2D eigenvalue weighted by molar-refractivity contribution is 5.80. The van der Waals surface area contributed by atoms with Crippen molar-refractivity contribution in [2.75, 3.05) is 0 Å². The highest BCUT2D eigenvalue weighted by Crippen LogP contribution is 2.11. The number of aromatic nitrogens is 2. The van der Waals surface area contributed by atoms with Gasteiger partial charge in [0.25, 0.3) is 0 Å². The van der Waals surface area contributed by atoms with E-state index < -0.39 is 0 Å². The predicted molar refractivity (Wildman–Crippen MR) is 64.5 cm³/mol. The quantitative estimate of drug-likeness (QED) is 0.766. The zero-order valence-electron chi connectivity index (χ0n) is 10.6. The second-order valence-electron chi connectivity index (χ2n) is 4.48. The SMILES string of the molecule is CCCC(=O)Cc1cc(C)nc(C(C)C)n1. The van der Waals surface area contributed by atoms with E-state index in [-0.39, 0.29) is 5.78 Å². The Kier molecular flexibility index (Phi) is 4.59. The van der Waals surface area contributed by atoms with E-state index >= 15 is 0 Å². The molecule has 16 heavy (non-hydrogen) atoms. The molecule has 0 aromatic carbocycles. The van der Waals surface area contributed by atoms with Gasteiger partial charge in [-0.05, 0) is 19.4 Å². The number of carbonyl (C=O) groups is 1. The molecule has 0 aliphatic rings. The van der Waals surface area contributed by atoms with Crippen molar-refractivity contribution in [2.24, 2.45) is 0 Å². The van der Waals surface area contributed by atoms with Crippen LogP contribution in [0.25, 0.3) is 0 Å². The van der Waals surface area contributed by atoms with Gasteiger partial charge >= 0.3 is 0 Å². The topological polar surface area (TPSA) is 42.9 Å². The van der Waals surface area contributed by atoms with Crippen LogP contribution in [0.5, 0.6) is 0 Å². The summed E-state index contributed by atoms with van der Waals surface area (Å²) in [6.07, 6.45) is 1.98. The Labute approximate surface area is 97.3 Å². The molecule has 1 aromatic heterocycles. The van der Waals surface area contributed by atoms with Crippen LogP contribution in [0.2, 0.25) is 0 Å². The average Bonchev–Trinajstić information content (AvgIpc) is 2.16. The summed E-state index contributed by atoms with van der Waals surface area (Å²) in [6.45, 7) is 8.09. The molecule has 0 fully saturated rings. The maximum absolute atomic E-state index is 11.5. The van der Waals surface area contributed by atoms with Gasteiger partial charge in [-0.3, -0.25) is 4.79 Å². The molecular weight excluding hydrogens is 200 g/mol. The molecule has 0 spiro atoms. The number of rotatable bonds is 5. The number of hydrogen-bond acceptors (Lipinski definition) is 3. The zero-order chi connectivity index (χ0) is 12.1. The predicted octanol–water partition coefficient (Wildman–Crippen LogP) is 2.82. The Bertz CT molecular complexity index is 372. The van der Waals surface area contributed by atoms with Gasteiger partial charge in [0.2, 0.25) is 0 Å². The van der Waals surface area contributed by atoms with Gasteiger partial charge in [-0.1, -0.05) is 20.8 Å². The van der Waals surface area contributed by atoms with E-state index in [0.29, 0.717) is 18.8 Å². The fraction of sp³-hybridized carbons (Fsp3) is 0.615. The lowest BCUT2D eigenvalue weighted by Gasteiger charge is -2.07. The molecular formula is C13H20N2O. The van der Waals surface area contributed by atoms with Gasteiger partial charge in [-0.15, -0.1) is 0 Å². The van der Waals surface area contributed by atoms with Gasteiger partial charge in [0.05, 0.1) is 5.69 Å². The van der Waals surface area contributed by atoms with E-state index in [1.165, 1.54) is 0 Å². The molecule has 88 valence electrons. The van der Waals surface area contributed by atoms with Crippen molar-refractivity contribution in [1.82, 2.24) is 9.97 Å². The van der Waals surface area contributed by atoms with Crippen molar-refractivity contribution in [3.05, 3.63) is 23.3 Å². The van der Waals surface area contributed by atoms with Crippen molar-refractivity contribution in [2.45, 2.75) is 52.9 Å². The van der Waals surface area contributed by atoms with E-state index in [4.69, 9.17) is 0 Å². The van der Waals surface area contributed by atoms with Crippen LogP contribution in [0.15, 0.2) is 6.07 Å². The van der Waals surface area contributed by atoms with Crippen LogP contribution in [-0.4, -0.2) is 15.8 Å². The summed E-state index contributed by atoms with van der Waals surface area (Å²) in [5.74, 6) is 1.40. The molecule has 0 aliphatic heterocycles. The molecule has 1 rings (SSSR count). The summed E-state index contributed by atoms with van der Waals surface area (Å²) in [7, 11) is 0. The van der Waals surface area contributed by atoms with Crippen LogP contribution >= 0.6 is 0 Å². The van der Waals surface area contributed by atoms with E-state index in [2.05, 4.69) is 23.8 Å².